The highest BCUT2D eigenvalue weighted by Crippen LogP contribution is 2.21. The molecule has 3 aromatic rings. The van der Waals surface area contributed by atoms with Crippen LogP contribution in [-0.2, 0) is 17.8 Å². The van der Waals surface area contributed by atoms with Gasteiger partial charge in [-0.15, -0.1) is 0 Å². The van der Waals surface area contributed by atoms with Gasteiger partial charge in [0.1, 0.15) is 0 Å². The number of piperidine rings is 1. The standard InChI is InChI=1S/C26H32N4O2/c1-19-10-12-21(13-11-19)7-4-14-27-26(31)23-9-5-15-30(17-23)18-24-28-25(29-32-24)22-8-3-6-20(2)16-22/h3,6,8,10-13,16,23H,4-5,7,9,14-15,17-18H2,1-2H3,(H,27,31). The van der Waals surface area contributed by atoms with Gasteiger partial charge in [0.15, 0.2) is 0 Å². The first-order valence-electron chi connectivity index (χ1n) is 11.5. The van der Waals surface area contributed by atoms with Crippen LogP contribution in [0, 0.1) is 19.8 Å². The molecule has 1 aliphatic heterocycles. The summed E-state index contributed by atoms with van der Waals surface area (Å²) in [5, 5.41) is 7.27. The zero-order valence-corrected chi connectivity index (χ0v) is 19.0. The van der Waals surface area contributed by atoms with Crippen LogP contribution < -0.4 is 5.32 Å². The van der Waals surface area contributed by atoms with Crippen molar-refractivity contribution in [2.75, 3.05) is 19.6 Å². The van der Waals surface area contributed by atoms with Gasteiger partial charge in [-0.1, -0.05) is 58.7 Å². The van der Waals surface area contributed by atoms with Crippen molar-refractivity contribution >= 4 is 5.91 Å². The Kier molecular flexibility index (Phi) is 7.32. The van der Waals surface area contributed by atoms with Crippen LogP contribution in [0.5, 0.6) is 0 Å². The van der Waals surface area contributed by atoms with E-state index in [0.717, 1.165) is 49.9 Å². The molecule has 32 heavy (non-hydrogen) atoms. The molecule has 0 aliphatic carbocycles. The molecular weight excluding hydrogens is 400 g/mol. The number of amides is 1. The summed E-state index contributed by atoms with van der Waals surface area (Å²) in [7, 11) is 0. The smallest absolute Gasteiger partial charge is 0.241 e. The van der Waals surface area contributed by atoms with E-state index in [1.807, 2.05) is 25.1 Å². The van der Waals surface area contributed by atoms with E-state index in [2.05, 4.69) is 57.6 Å². The van der Waals surface area contributed by atoms with Gasteiger partial charge in [0, 0.05) is 18.7 Å². The maximum absolute atomic E-state index is 12.7. The summed E-state index contributed by atoms with van der Waals surface area (Å²) in [5.41, 5.74) is 4.72. The summed E-state index contributed by atoms with van der Waals surface area (Å²) in [6.07, 6.45) is 3.87. The fourth-order valence-electron chi connectivity index (χ4n) is 4.23. The third kappa shape index (κ3) is 6.04. The van der Waals surface area contributed by atoms with Gasteiger partial charge in [0.25, 0.3) is 0 Å². The second kappa shape index (κ2) is 10.6. The Morgan fingerprint density at radius 2 is 2.00 bits per heavy atom. The van der Waals surface area contributed by atoms with Crippen molar-refractivity contribution in [3.63, 3.8) is 0 Å². The second-order valence-electron chi connectivity index (χ2n) is 8.84. The van der Waals surface area contributed by atoms with Gasteiger partial charge in [-0.2, -0.15) is 4.98 Å². The van der Waals surface area contributed by atoms with E-state index in [1.54, 1.807) is 0 Å². The van der Waals surface area contributed by atoms with Crippen molar-refractivity contribution in [3.8, 4) is 11.4 Å². The minimum Gasteiger partial charge on any atom is -0.356 e. The maximum Gasteiger partial charge on any atom is 0.241 e. The summed E-state index contributed by atoms with van der Waals surface area (Å²) in [5.74, 6) is 1.39. The minimum atomic E-state index is 0.0160. The SMILES string of the molecule is Cc1ccc(CCCNC(=O)C2CCCN(Cc3nc(-c4cccc(C)c4)no3)C2)cc1. The number of benzene rings is 2. The van der Waals surface area contributed by atoms with E-state index < -0.39 is 0 Å². The molecule has 2 aromatic carbocycles. The monoisotopic (exact) mass is 432 g/mol. The van der Waals surface area contributed by atoms with Gasteiger partial charge in [-0.25, -0.2) is 0 Å². The fourth-order valence-corrected chi connectivity index (χ4v) is 4.23. The Labute approximate surface area is 190 Å². The molecular formula is C26H32N4O2. The Balaban J connectivity index is 1.23. The number of aromatic nitrogens is 2. The van der Waals surface area contributed by atoms with Crippen molar-refractivity contribution in [3.05, 3.63) is 71.1 Å². The largest absolute Gasteiger partial charge is 0.356 e. The minimum absolute atomic E-state index is 0.0160. The molecule has 1 unspecified atom stereocenters. The van der Waals surface area contributed by atoms with Crippen LogP contribution in [0.2, 0.25) is 0 Å². The van der Waals surface area contributed by atoms with Gasteiger partial charge >= 0.3 is 0 Å². The van der Waals surface area contributed by atoms with Crippen molar-refractivity contribution in [2.45, 2.75) is 46.1 Å². The molecule has 168 valence electrons. The van der Waals surface area contributed by atoms with Crippen molar-refractivity contribution in [1.29, 1.82) is 0 Å². The van der Waals surface area contributed by atoms with Gasteiger partial charge in [0.2, 0.25) is 17.6 Å². The lowest BCUT2D eigenvalue weighted by Crippen LogP contribution is -2.43. The molecule has 0 radical (unpaired) electrons. The van der Waals surface area contributed by atoms with Gasteiger partial charge in [-0.05, 0) is 57.7 Å². The van der Waals surface area contributed by atoms with Crippen molar-refractivity contribution < 1.29 is 9.32 Å². The van der Waals surface area contributed by atoms with Crippen LogP contribution in [0.1, 0.15) is 41.8 Å². The van der Waals surface area contributed by atoms with Crippen LogP contribution in [-0.4, -0.2) is 40.6 Å². The second-order valence-corrected chi connectivity index (χ2v) is 8.84. The molecule has 1 aliphatic rings. The van der Waals surface area contributed by atoms with Gasteiger partial charge in [0.05, 0.1) is 12.5 Å². The first kappa shape index (κ1) is 22.2. The molecule has 1 saturated heterocycles. The predicted octanol–water partition coefficient (Wildman–Crippen LogP) is 4.31. The van der Waals surface area contributed by atoms with Crippen LogP contribution in [0.25, 0.3) is 11.4 Å². The van der Waals surface area contributed by atoms with E-state index in [9.17, 15) is 4.79 Å². The quantitative estimate of drug-likeness (QED) is 0.537. The molecule has 6 heteroatoms. The summed E-state index contributed by atoms with van der Waals surface area (Å²) in [6.45, 7) is 7.11. The highest BCUT2D eigenvalue weighted by Gasteiger charge is 2.26. The summed E-state index contributed by atoms with van der Waals surface area (Å²) >= 11 is 0. The molecule has 2 heterocycles. The average Bonchev–Trinajstić information content (AvgIpc) is 3.26. The zero-order valence-electron chi connectivity index (χ0n) is 19.0. The summed E-state index contributed by atoms with van der Waals surface area (Å²) in [4.78, 5) is 19.5. The topological polar surface area (TPSA) is 71.3 Å². The third-order valence-electron chi connectivity index (χ3n) is 6.04. The van der Waals surface area contributed by atoms with Crippen LogP contribution in [0.3, 0.4) is 0 Å². The molecule has 1 atom stereocenters. The fraction of sp³-hybridized carbons (Fsp3) is 0.423. The molecule has 6 nitrogen and oxygen atoms in total. The first-order valence-corrected chi connectivity index (χ1v) is 11.5. The normalized spacial score (nSPS) is 16.8. The Morgan fingerprint density at radius 1 is 1.16 bits per heavy atom. The predicted molar refractivity (Wildman–Crippen MR) is 125 cm³/mol. The summed E-state index contributed by atoms with van der Waals surface area (Å²) in [6, 6.07) is 16.7. The van der Waals surface area contributed by atoms with E-state index in [-0.39, 0.29) is 11.8 Å². The lowest BCUT2D eigenvalue weighted by Gasteiger charge is -2.30. The zero-order chi connectivity index (χ0) is 22.3. The number of likely N-dealkylation sites (tertiary alicyclic amines) is 1. The Morgan fingerprint density at radius 3 is 2.81 bits per heavy atom. The molecule has 1 fully saturated rings. The number of hydrogen-bond acceptors (Lipinski definition) is 5. The number of hydrogen-bond donors (Lipinski definition) is 1. The summed E-state index contributed by atoms with van der Waals surface area (Å²) < 4.78 is 5.48. The maximum atomic E-state index is 12.7. The van der Waals surface area contributed by atoms with Crippen molar-refractivity contribution in [1.82, 2.24) is 20.4 Å². The molecule has 1 aromatic heterocycles. The lowest BCUT2D eigenvalue weighted by atomic mass is 9.97. The van der Waals surface area contributed by atoms with Crippen molar-refractivity contribution in [2.24, 2.45) is 5.92 Å². The molecule has 0 bridgehead atoms. The number of carbonyl (C=O) groups is 1. The van der Waals surface area contributed by atoms with E-state index in [0.29, 0.717) is 24.8 Å². The number of nitrogens with one attached hydrogen (secondary N) is 1. The molecule has 1 N–H and O–H groups in total. The third-order valence-corrected chi connectivity index (χ3v) is 6.04. The van der Waals surface area contributed by atoms with E-state index >= 15 is 0 Å². The Hall–Kier alpha value is -2.99. The molecule has 0 saturated carbocycles. The van der Waals surface area contributed by atoms with Gasteiger partial charge in [-0.3, -0.25) is 9.69 Å². The van der Waals surface area contributed by atoms with E-state index in [1.165, 1.54) is 11.1 Å². The van der Waals surface area contributed by atoms with Crippen LogP contribution >= 0.6 is 0 Å². The van der Waals surface area contributed by atoms with Crippen LogP contribution in [0.15, 0.2) is 53.1 Å². The highest BCUT2D eigenvalue weighted by molar-refractivity contribution is 5.78. The molecule has 1 amide bonds. The molecule has 0 spiro atoms. The average molecular weight is 433 g/mol. The first-order chi connectivity index (χ1) is 15.6. The van der Waals surface area contributed by atoms with Gasteiger partial charge < -0.3 is 9.84 Å². The highest BCUT2D eigenvalue weighted by atomic mass is 16.5. The number of carbonyl (C=O) groups excluding carboxylic acids is 1. The van der Waals surface area contributed by atoms with E-state index in [4.69, 9.17) is 4.52 Å². The molecule has 4 rings (SSSR count). The lowest BCUT2D eigenvalue weighted by molar-refractivity contribution is -0.126. The van der Waals surface area contributed by atoms with Crippen LogP contribution in [0.4, 0.5) is 0 Å². The Bertz CT molecular complexity index is 1030. The number of rotatable bonds is 8. The number of aryl methyl sites for hydroxylation is 3. The number of nitrogens with zero attached hydrogens (tertiary/aromatic N) is 3.